The SMILES string of the molecule is COc1cc2c(cc1OC)CC(=O)N(CCCN(CCN1C=Cc3cc(OC)c(OC)cc3CC1=O)C[C@H]1Cc3cc(OC)c(OC)cc31)C=C2. The van der Waals surface area contributed by atoms with Crippen molar-refractivity contribution in [2.75, 3.05) is 75.4 Å². The average Bonchev–Trinajstić information content (AvgIpc) is 3.39. The average molecular weight is 698 g/mol. The van der Waals surface area contributed by atoms with Crippen molar-refractivity contribution >= 4 is 24.0 Å². The largest absolute Gasteiger partial charge is 0.493 e. The molecule has 0 N–H and O–H groups in total. The van der Waals surface area contributed by atoms with Crippen molar-refractivity contribution < 1.29 is 38.0 Å². The monoisotopic (exact) mass is 697 g/mol. The Morgan fingerprint density at radius 2 is 1.04 bits per heavy atom. The van der Waals surface area contributed by atoms with E-state index in [1.165, 1.54) is 11.1 Å². The van der Waals surface area contributed by atoms with Crippen LogP contribution in [0.4, 0.5) is 0 Å². The molecule has 11 heteroatoms. The molecule has 0 saturated heterocycles. The summed E-state index contributed by atoms with van der Waals surface area (Å²) in [6.45, 7) is 3.35. The van der Waals surface area contributed by atoms with Crippen molar-refractivity contribution in [1.29, 1.82) is 0 Å². The molecule has 1 atom stereocenters. The first-order chi connectivity index (χ1) is 24.8. The third-order valence-corrected chi connectivity index (χ3v) is 10.0. The van der Waals surface area contributed by atoms with Crippen LogP contribution in [0.15, 0.2) is 48.8 Å². The number of ether oxygens (including phenoxy) is 6. The van der Waals surface area contributed by atoms with Gasteiger partial charge in [-0.2, -0.15) is 0 Å². The molecule has 0 fully saturated rings. The van der Waals surface area contributed by atoms with E-state index >= 15 is 0 Å². The normalized spacial score (nSPS) is 16.1. The van der Waals surface area contributed by atoms with Gasteiger partial charge < -0.3 is 43.1 Å². The van der Waals surface area contributed by atoms with Gasteiger partial charge in [0.15, 0.2) is 34.5 Å². The summed E-state index contributed by atoms with van der Waals surface area (Å²) in [5, 5.41) is 0. The minimum absolute atomic E-state index is 0.0242. The molecule has 6 rings (SSSR count). The number of carbonyl (C=O) groups excluding carboxylic acids is 2. The molecule has 0 unspecified atom stereocenters. The molecule has 2 heterocycles. The lowest BCUT2D eigenvalue weighted by atomic mass is 9.77. The maximum Gasteiger partial charge on any atom is 0.231 e. The van der Waals surface area contributed by atoms with Crippen LogP contribution in [-0.4, -0.2) is 102 Å². The smallest absolute Gasteiger partial charge is 0.231 e. The van der Waals surface area contributed by atoms with Gasteiger partial charge in [0, 0.05) is 44.5 Å². The van der Waals surface area contributed by atoms with Gasteiger partial charge in [0.2, 0.25) is 11.8 Å². The number of hydrogen-bond acceptors (Lipinski definition) is 9. The lowest BCUT2D eigenvalue weighted by molar-refractivity contribution is -0.129. The third kappa shape index (κ3) is 7.63. The van der Waals surface area contributed by atoms with Crippen molar-refractivity contribution in [2.45, 2.75) is 31.6 Å². The zero-order valence-corrected chi connectivity index (χ0v) is 30.3. The van der Waals surface area contributed by atoms with Gasteiger partial charge >= 0.3 is 0 Å². The predicted molar refractivity (Wildman–Crippen MR) is 195 cm³/mol. The van der Waals surface area contributed by atoms with Crippen LogP contribution in [0.25, 0.3) is 12.2 Å². The summed E-state index contributed by atoms with van der Waals surface area (Å²) in [5.74, 6) is 4.31. The molecule has 0 spiro atoms. The van der Waals surface area contributed by atoms with Crippen LogP contribution in [0.1, 0.15) is 45.7 Å². The predicted octanol–water partition coefficient (Wildman–Crippen LogP) is 5.18. The molecule has 2 amide bonds. The Morgan fingerprint density at radius 1 is 0.588 bits per heavy atom. The van der Waals surface area contributed by atoms with E-state index in [1.807, 2.05) is 48.8 Å². The Hall–Kier alpha value is -5.16. The van der Waals surface area contributed by atoms with Gasteiger partial charge in [-0.15, -0.1) is 0 Å². The minimum Gasteiger partial charge on any atom is -0.493 e. The van der Waals surface area contributed by atoms with Crippen LogP contribution >= 0.6 is 0 Å². The zero-order chi connectivity index (χ0) is 36.1. The fourth-order valence-corrected chi connectivity index (χ4v) is 7.15. The van der Waals surface area contributed by atoms with Crippen LogP contribution in [0, 0.1) is 0 Å². The van der Waals surface area contributed by atoms with Crippen molar-refractivity contribution in [3.05, 3.63) is 82.2 Å². The molecule has 11 nitrogen and oxygen atoms in total. The summed E-state index contributed by atoms with van der Waals surface area (Å²) in [6.07, 6.45) is 9.92. The van der Waals surface area contributed by atoms with E-state index in [2.05, 4.69) is 17.0 Å². The van der Waals surface area contributed by atoms with Gasteiger partial charge in [0.05, 0.1) is 55.5 Å². The Kier molecular flexibility index (Phi) is 11.1. The number of nitrogens with zero attached hydrogens (tertiary/aromatic N) is 3. The quantitative estimate of drug-likeness (QED) is 0.213. The van der Waals surface area contributed by atoms with Gasteiger partial charge in [-0.3, -0.25) is 9.59 Å². The summed E-state index contributed by atoms with van der Waals surface area (Å²) in [7, 11) is 9.72. The lowest BCUT2D eigenvalue weighted by Gasteiger charge is -2.36. The Balaban J connectivity index is 1.15. The Bertz CT molecular complexity index is 1840. The van der Waals surface area contributed by atoms with E-state index in [0.29, 0.717) is 48.6 Å². The second-order valence-corrected chi connectivity index (χ2v) is 12.9. The minimum atomic E-state index is 0.0242. The van der Waals surface area contributed by atoms with Crippen molar-refractivity contribution in [3.8, 4) is 34.5 Å². The summed E-state index contributed by atoms with van der Waals surface area (Å²) >= 11 is 0. The van der Waals surface area contributed by atoms with E-state index in [4.69, 9.17) is 28.4 Å². The van der Waals surface area contributed by atoms with Crippen LogP contribution in [-0.2, 0) is 28.9 Å². The van der Waals surface area contributed by atoms with Gasteiger partial charge in [-0.1, -0.05) is 0 Å². The van der Waals surface area contributed by atoms with E-state index in [-0.39, 0.29) is 24.7 Å². The van der Waals surface area contributed by atoms with E-state index in [9.17, 15) is 9.59 Å². The highest BCUT2D eigenvalue weighted by atomic mass is 16.5. The van der Waals surface area contributed by atoms with Gasteiger partial charge in [-0.05, 0) is 101 Å². The summed E-state index contributed by atoms with van der Waals surface area (Å²) in [4.78, 5) is 32.9. The van der Waals surface area contributed by atoms with E-state index in [1.54, 1.807) is 52.5 Å². The molecule has 0 saturated carbocycles. The topological polar surface area (TPSA) is 99.2 Å². The van der Waals surface area contributed by atoms with Gasteiger partial charge in [-0.25, -0.2) is 0 Å². The second kappa shape index (κ2) is 15.8. The standard InChI is InChI=1S/C40H47N3O8/c1-46-33-17-26-8-12-42(39(44)22-28(26)19-35(33)48-3)11-7-10-41(25-31-16-30-21-37(50-5)38(51-6)24-32(30)31)14-15-43-13-9-27-18-34(47-2)36(49-4)20-29(27)23-40(43)45/h8-9,12-13,17-21,24,31H,7,10-11,14-16,22-23,25H2,1-6H3/t31-/m1/s1. The summed E-state index contributed by atoms with van der Waals surface area (Å²) < 4.78 is 33.1. The van der Waals surface area contributed by atoms with Crippen LogP contribution in [0.5, 0.6) is 34.5 Å². The molecular formula is C40H47N3O8. The number of benzene rings is 3. The molecule has 3 aromatic rings. The molecule has 3 aromatic carbocycles. The molecule has 1 aliphatic carbocycles. The number of fused-ring (bicyclic) bond motifs is 3. The van der Waals surface area contributed by atoms with E-state index < -0.39 is 0 Å². The van der Waals surface area contributed by atoms with Crippen molar-refractivity contribution in [3.63, 3.8) is 0 Å². The Labute approximate surface area is 299 Å². The molecule has 3 aliphatic rings. The molecule has 0 bridgehead atoms. The summed E-state index contributed by atoms with van der Waals surface area (Å²) in [6, 6.07) is 11.7. The summed E-state index contributed by atoms with van der Waals surface area (Å²) in [5.41, 5.74) is 6.21. The molecule has 2 aliphatic heterocycles. The first-order valence-electron chi connectivity index (χ1n) is 17.2. The van der Waals surface area contributed by atoms with Crippen LogP contribution in [0.2, 0.25) is 0 Å². The highest BCUT2D eigenvalue weighted by Crippen LogP contribution is 2.43. The highest BCUT2D eigenvalue weighted by molar-refractivity contribution is 5.85. The fourth-order valence-electron chi connectivity index (χ4n) is 7.15. The maximum atomic E-state index is 13.5. The van der Waals surface area contributed by atoms with Gasteiger partial charge in [0.25, 0.3) is 0 Å². The molecular weight excluding hydrogens is 650 g/mol. The van der Waals surface area contributed by atoms with Crippen molar-refractivity contribution in [1.82, 2.24) is 14.7 Å². The number of amides is 2. The van der Waals surface area contributed by atoms with Gasteiger partial charge in [0.1, 0.15) is 0 Å². The number of hydrogen-bond donors (Lipinski definition) is 0. The molecule has 0 aromatic heterocycles. The second-order valence-electron chi connectivity index (χ2n) is 12.9. The Morgan fingerprint density at radius 3 is 1.55 bits per heavy atom. The molecule has 0 radical (unpaired) electrons. The first-order valence-corrected chi connectivity index (χ1v) is 17.2. The molecule has 270 valence electrons. The zero-order valence-electron chi connectivity index (χ0n) is 30.3. The fraction of sp³-hybridized carbons (Fsp3) is 0.400. The number of carbonyl (C=O) groups is 2. The van der Waals surface area contributed by atoms with E-state index in [0.717, 1.165) is 59.7 Å². The molecule has 51 heavy (non-hydrogen) atoms. The van der Waals surface area contributed by atoms with Crippen molar-refractivity contribution in [2.24, 2.45) is 0 Å². The third-order valence-electron chi connectivity index (χ3n) is 10.0. The van der Waals surface area contributed by atoms with Crippen LogP contribution in [0.3, 0.4) is 0 Å². The lowest BCUT2D eigenvalue weighted by Crippen LogP contribution is -2.41. The van der Waals surface area contributed by atoms with Crippen LogP contribution < -0.4 is 28.4 Å². The number of rotatable bonds is 15. The highest BCUT2D eigenvalue weighted by Gasteiger charge is 2.31. The number of methoxy groups -OCH3 is 6. The maximum absolute atomic E-state index is 13.5. The first kappa shape index (κ1) is 35.7.